The maximum Gasteiger partial charge on any atom is 0.151 e. The highest BCUT2D eigenvalue weighted by molar-refractivity contribution is 5.68. The van der Waals surface area contributed by atoms with Gasteiger partial charge in [-0.1, -0.05) is 6.07 Å². The number of nitrogens with zero attached hydrogens (tertiary/aromatic N) is 4. The molecule has 33 heavy (non-hydrogen) atoms. The average molecular weight is 446 g/mol. The molecule has 2 heterocycles. The van der Waals surface area contributed by atoms with Crippen LogP contribution in [0, 0.1) is 23.1 Å². The van der Waals surface area contributed by atoms with Crippen LogP contribution in [-0.2, 0) is 0 Å². The van der Waals surface area contributed by atoms with E-state index in [1.165, 1.54) is 18.6 Å². The molecule has 1 aromatic heterocycles. The first kappa shape index (κ1) is 21.5. The van der Waals surface area contributed by atoms with Crippen molar-refractivity contribution in [3.63, 3.8) is 0 Å². The van der Waals surface area contributed by atoms with E-state index in [0.717, 1.165) is 55.2 Å². The molecule has 7 heteroatoms. The van der Waals surface area contributed by atoms with E-state index < -0.39 is 5.82 Å². The highest BCUT2D eigenvalue weighted by atomic mass is 19.1. The molecule has 3 unspecified atom stereocenters. The molecular weight excluding hydrogens is 417 g/mol. The van der Waals surface area contributed by atoms with Crippen LogP contribution in [0.4, 0.5) is 10.2 Å². The van der Waals surface area contributed by atoms with Gasteiger partial charge in [-0.15, -0.1) is 5.10 Å². The van der Waals surface area contributed by atoms with Crippen molar-refractivity contribution in [3.8, 4) is 28.8 Å². The molecule has 1 saturated carbocycles. The number of ether oxygens (including phenoxy) is 1. The summed E-state index contributed by atoms with van der Waals surface area (Å²) in [6.45, 7) is 0.956. The number of hydrogen-bond donors (Lipinski definition) is 1. The SMILES string of the molecule is COc1ccc(-n2nc(N3CCCC4CC(N)CCC43)cc2-c2ccc(C#N)c(F)c2)cc1. The van der Waals surface area contributed by atoms with Crippen LogP contribution in [0.5, 0.6) is 5.75 Å². The van der Waals surface area contributed by atoms with Crippen LogP contribution in [0.3, 0.4) is 0 Å². The zero-order valence-electron chi connectivity index (χ0n) is 18.7. The summed E-state index contributed by atoms with van der Waals surface area (Å²) < 4.78 is 21.7. The van der Waals surface area contributed by atoms with Crippen LogP contribution in [0.15, 0.2) is 48.5 Å². The standard InChI is InChI=1S/C26H28FN5O/c1-33-22-9-7-21(8-10-22)32-25(18-4-5-19(16-28)23(27)14-18)15-26(30-32)31-12-2-3-17-13-20(29)6-11-24(17)31/h4-5,7-10,14-15,17,20,24H,2-3,6,11-13,29H2,1H3. The van der Waals surface area contributed by atoms with E-state index in [1.54, 1.807) is 13.2 Å². The molecule has 3 atom stereocenters. The summed E-state index contributed by atoms with van der Waals surface area (Å²) in [4.78, 5) is 2.42. The second-order valence-corrected chi connectivity index (χ2v) is 9.04. The van der Waals surface area contributed by atoms with Gasteiger partial charge in [-0.05, 0) is 74.4 Å². The van der Waals surface area contributed by atoms with Crippen molar-refractivity contribution in [2.45, 2.75) is 44.2 Å². The van der Waals surface area contributed by atoms with E-state index in [1.807, 2.05) is 41.1 Å². The lowest BCUT2D eigenvalue weighted by molar-refractivity contribution is 0.223. The summed E-state index contributed by atoms with van der Waals surface area (Å²) in [7, 11) is 1.63. The minimum Gasteiger partial charge on any atom is -0.497 e. The number of benzene rings is 2. The fourth-order valence-electron chi connectivity index (χ4n) is 5.38. The lowest BCUT2D eigenvalue weighted by Gasteiger charge is -2.45. The topological polar surface area (TPSA) is 80.1 Å². The maximum absolute atomic E-state index is 14.5. The number of hydrogen-bond acceptors (Lipinski definition) is 5. The molecule has 6 nitrogen and oxygen atoms in total. The van der Waals surface area contributed by atoms with Gasteiger partial charge in [-0.25, -0.2) is 9.07 Å². The molecule has 3 aromatic rings. The maximum atomic E-state index is 14.5. The van der Waals surface area contributed by atoms with Gasteiger partial charge in [-0.2, -0.15) is 5.26 Å². The molecule has 0 radical (unpaired) electrons. The smallest absolute Gasteiger partial charge is 0.151 e. The predicted octanol–water partition coefficient (Wildman–Crippen LogP) is 4.65. The number of methoxy groups -OCH3 is 1. The van der Waals surface area contributed by atoms with E-state index in [9.17, 15) is 4.39 Å². The zero-order chi connectivity index (χ0) is 22.9. The molecule has 1 aliphatic heterocycles. The number of aromatic nitrogens is 2. The van der Waals surface area contributed by atoms with Crippen LogP contribution in [0.2, 0.25) is 0 Å². The van der Waals surface area contributed by atoms with Gasteiger partial charge in [0.25, 0.3) is 0 Å². The molecule has 1 saturated heterocycles. The van der Waals surface area contributed by atoms with Crippen LogP contribution in [0.1, 0.15) is 37.7 Å². The van der Waals surface area contributed by atoms with Crippen molar-refractivity contribution >= 4 is 5.82 Å². The number of nitriles is 1. The van der Waals surface area contributed by atoms with Gasteiger partial charge < -0.3 is 15.4 Å². The molecular formula is C26H28FN5O. The summed E-state index contributed by atoms with van der Waals surface area (Å²) in [6.07, 6.45) is 5.49. The monoisotopic (exact) mass is 445 g/mol. The third-order valence-corrected chi connectivity index (χ3v) is 7.05. The fourth-order valence-corrected chi connectivity index (χ4v) is 5.38. The first-order valence-corrected chi connectivity index (χ1v) is 11.5. The zero-order valence-corrected chi connectivity index (χ0v) is 18.7. The van der Waals surface area contributed by atoms with E-state index in [2.05, 4.69) is 4.90 Å². The first-order chi connectivity index (χ1) is 16.1. The molecule has 5 rings (SSSR count). The third-order valence-electron chi connectivity index (χ3n) is 7.05. The normalized spacial score (nSPS) is 22.5. The number of fused-ring (bicyclic) bond motifs is 1. The van der Waals surface area contributed by atoms with E-state index in [4.69, 9.17) is 20.8 Å². The molecule has 0 amide bonds. The Kier molecular flexibility index (Phi) is 5.77. The van der Waals surface area contributed by atoms with Crippen LogP contribution < -0.4 is 15.4 Å². The lowest BCUT2D eigenvalue weighted by atomic mass is 9.76. The summed E-state index contributed by atoms with van der Waals surface area (Å²) in [5.74, 6) is 1.72. The number of anilines is 1. The third kappa shape index (κ3) is 4.07. The number of halogens is 1. The van der Waals surface area contributed by atoms with Crippen molar-refractivity contribution in [2.75, 3.05) is 18.6 Å². The molecule has 0 spiro atoms. The van der Waals surface area contributed by atoms with Crippen molar-refractivity contribution in [3.05, 3.63) is 59.9 Å². The number of rotatable bonds is 4. The van der Waals surface area contributed by atoms with Gasteiger partial charge >= 0.3 is 0 Å². The largest absolute Gasteiger partial charge is 0.497 e. The quantitative estimate of drug-likeness (QED) is 0.632. The molecule has 2 aliphatic rings. The second-order valence-electron chi connectivity index (χ2n) is 9.04. The Morgan fingerprint density at radius 2 is 1.94 bits per heavy atom. The molecule has 0 bridgehead atoms. The summed E-state index contributed by atoms with van der Waals surface area (Å²) >= 11 is 0. The Balaban J connectivity index is 1.58. The highest BCUT2D eigenvalue weighted by Gasteiger charge is 2.37. The minimum absolute atomic E-state index is 0.0342. The van der Waals surface area contributed by atoms with Crippen LogP contribution in [0.25, 0.3) is 16.9 Å². The fraction of sp³-hybridized carbons (Fsp3) is 0.385. The Hall–Kier alpha value is -3.37. The van der Waals surface area contributed by atoms with E-state index in [0.29, 0.717) is 23.6 Å². The Morgan fingerprint density at radius 1 is 1.12 bits per heavy atom. The molecule has 170 valence electrons. The van der Waals surface area contributed by atoms with Gasteiger partial charge in [0.05, 0.1) is 24.1 Å². The van der Waals surface area contributed by atoms with Gasteiger partial charge in [-0.3, -0.25) is 0 Å². The summed E-state index contributed by atoms with van der Waals surface area (Å²) in [5.41, 5.74) is 8.62. The first-order valence-electron chi connectivity index (χ1n) is 11.5. The van der Waals surface area contributed by atoms with Crippen LogP contribution in [-0.4, -0.2) is 35.5 Å². The van der Waals surface area contributed by atoms with Crippen molar-refractivity contribution < 1.29 is 9.13 Å². The highest BCUT2D eigenvalue weighted by Crippen LogP contribution is 2.39. The second kappa shape index (κ2) is 8.87. The van der Waals surface area contributed by atoms with Crippen molar-refractivity contribution in [2.24, 2.45) is 11.7 Å². The van der Waals surface area contributed by atoms with Gasteiger partial charge in [0.2, 0.25) is 0 Å². The Bertz CT molecular complexity index is 1180. The Morgan fingerprint density at radius 3 is 2.67 bits per heavy atom. The molecule has 2 aromatic carbocycles. The van der Waals surface area contributed by atoms with E-state index >= 15 is 0 Å². The number of nitrogens with two attached hydrogens (primary N) is 1. The predicted molar refractivity (Wildman–Crippen MR) is 126 cm³/mol. The summed E-state index contributed by atoms with van der Waals surface area (Å²) in [5, 5.41) is 14.1. The molecule has 1 aliphatic carbocycles. The van der Waals surface area contributed by atoms with Gasteiger partial charge in [0.15, 0.2) is 5.82 Å². The molecule has 2 fully saturated rings. The summed E-state index contributed by atoms with van der Waals surface area (Å²) in [6, 6.07) is 17.0. The molecule has 2 N–H and O–H groups in total. The average Bonchev–Trinajstić information content (AvgIpc) is 3.28. The minimum atomic E-state index is -0.529. The van der Waals surface area contributed by atoms with E-state index in [-0.39, 0.29) is 5.56 Å². The van der Waals surface area contributed by atoms with Gasteiger partial charge in [0, 0.05) is 30.3 Å². The van der Waals surface area contributed by atoms with Gasteiger partial charge in [0.1, 0.15) is 17.6 Å². The van der Waals surface area contributed by atoms with Crippen LogP contribution >= 0.6 is 0 Å². The van der Waals surface area contributed by atoms with Crippen molar-refractivity contribution in [1.82, 2.24) is 9.78 Å². The Labute approximate surface area is 193 Å². The lowest BCUT2D eigenvalue weighted by Crippen LogP contribution is -2.50. The van der Waals surface area contributed by atoms with Crippen molar-refractivity contribution in [1.29, 1.82) is 5.26 Å². The number of piperidine rings is 1.